The van der Waals surface area contributed by atoms with Crippen molar-refractivity contribution in [2.75, 3.05) is 13.2 Å². The normalized spacial score (nSPS) is 27.4. The fraction of sp³-hybridized carbons (Fsp3) is 0.696. The van der Waals surface area contributed by atoms with Crippen molar-refractivity contribution in [1.82, 2.24) is 4.90 Å². The van der Waals surface area contributed by atoms with Crippen LogP contribution < -0.4 is 0 Å². The number of carbonyl (C=O) groups excluding carboxylic acids is 1. The van der Waals surface area contributed by atoms with Crippen molar-refractivity contribution in [2.24, 2.45) is 0 Å². The largest absolute Gasteiger partial charge is 0.447 e. The summed E-state index contributed by atoms with van der Waals surface area (Å²) in [6.07, 6.45) is -2.41. The molecule has 2 fully saturated rings. The lowest BCUT2D eigenvalue weighted by atomic mass is 10.0. The van der Waals surface area contributed by atoms with Crippen molar-refractivity contribution in [3.63, 3.8) is 0 Å². The van der Waals surface area contributed by atoms with Gasteiger partial charge >= 0.3 is 6.09 Å². The summed E-state index contributed by atoms with van der Waals surface area (Å²) in [5.41, 5.74) is 1.00. The first-order chi connectivity index (χ1) is 14.3. The molecular weight excluding hydrogens is 414 g/mol. The van der Waals surface area contributed by atoms with Crippen LogP contribution in [0.15, 0.2) is 30.3 Å². The van der Waals surface area contributed by atoms with E-state index in [0.29, 0.717) is 6.54 Å². The number of nitrogens with zero attached hydrogens (tertiary/aromatic N) is 1. The molecule has 1 N–H and O–H groups in total. The third-order valence-electron chi connectivity index (χ3n) is 6.55. The van der Waals surface area contributed by atoms with Gasteiger partial charge in [0.05, 0.1) is 12.6 Å². The molecule has 0 unspecified atom stereocenters. The Balaban J connectivity index is 1.75. The zero-order valence-corrected chi connectivity index (χ0v) is 20.8. The van der Waals surface area contributed by atoms with E-state index in [9.17, 15) is 9.90 Å². The molecule has 0 spiro atoms. The van der Waals surface area contributed by atoms with Crippen molar-refractivity contribution < 1.29 is 28.5 Å². The fourth-order valence-corrected chi connectivity index (χ4v) is 4.74. The molecule has 4 atom stereocenters. The molecule has 3 rings (SSSR count). The van der Waals surface area contributed by atoms with Gasteiger partial charge in [0.25, 0.3) is 0 Å². The molecule has 174 valence electrons. The highest BCUT2D eigenvalue weighted by Crippen LogP contribution is 2.38. The monoisotopic (exact) mass is 451 g/mol. The maximum Gasteiger partial charge on any atom is 0.410 e. The second kappa shape index (κ2) is 8.82. The molecule has 1 aromatic carbocycles. The minimum atomic E-state index is -2.03. The highest BCUT2D eigenvalue weighted by Gasteiger charge is 2.53. The molecule has 7 nitrogen and oxygen atoms in total. The van der Waals surface area contributed by atoms with Crippen LogP contribution in [0, 0.1) is 0 Å². The quantitative estimate of drug-likeness (QED) is 0.634. The third kappa shape index (κ3) is 5.49. The van der Waals surface area contributed by atoms with Crippen molar-refractivity contribution in [2.45, 2.75) is 89.4 Å². The average Bonchev–Trinajstić information content (AvgIpc) is 3.19. The van der Waals surface area contributed by atoms with Gasteiger partial charge in [-0.2, -0.15) is 0 Å². The van der Waals surface area contributed by atoms with Crippen LogP contribution >= 0.6 is 0 Å². The minimum absolute atomic E-state index is 0.0383. The molecule has 0 aliphatic carbocycles. The standard InChI is InChI=1S/C23H37NO6Si/c1-22(2,3)31(6,7)28-15-18(25)20-19(29-23(4,5)30-20)17-14-27-21(26)24(17)13-16-11-9-8-10-12-16/h8-12,17-20,25H,13-15H2,1-7H3/t17-,18+,19-,20+/m0/s1. The van der Waals surface area contributed by atoms with Gasteiger partial charge in [0.15, 0.2) is 14.1 Å². The SMILES string of the molecule is CC1(C)O[C@@H]([C@@H]2COC(=O)N2Cc2ccccc2)[C@@H]([C@H](O)CO[Si](C)(C)C(C)(C)C)O1. The van der Waals surface area contributed by atoms with Gasteiger partial charge in [0.1, 0.15) is 24.9 Å². The third-order valence-corrected chi connectivity index (χ3v) is 11.1. The Hall–Kier alpha value is -1.45. The molecule has 31 heavy (non-hydrogen) atoms. The zero-order chi connectivity index (χ0) is 23.0. The number of amides is 1. The molecule has 2 heterocycles. The molecule has 2 saturated heterocycles. The second-order valence-electron chi connectivity index (χ2n) is 10.5. The van der Waals surface area contributed by atoms with Crippen LogP contribution in [-0.2, 0) is 25.2 Å². The van der Waals surface area contributed by atoms with Gasteiger partial charge in [-0.1, -0.05) is 51.1 Å². The van der Waals surface area contributed by atoms with Crippen molar-refractivity contribution in [1.29, 1.82) is 0 Å². The zero-order valence-electron chi connectivity index (χ0n) is 19.8. The molecule has 0 radical (unpaired) electrons. The Morgan fingerprint density at radius 2 is 1.87 bits per heavy atom. The first-order valence-corrected chi connectivity index (χ1v) is 13.9. The van der Waals surface area contributed by atoms with Gasteiger partial charge in [0.2, 0.25) is 0 Å². The summed E-state index contributed by atoms with van der Waals surface area (Å²) in [6.45, 7) is 15.2. The lowest BCUT2D eigenvalue weighted by molar-refractivity contribution is -0.159. The van der Waals surface area contributed by atoms with E-state index in [1.54, 1.807) is 4.90 Å². The second-order valence-corrected chi connectivity index (χ2v) is 15.3. The minimum Gasteiger partial charge on any atom is -0.447 e. The molecule has 8 heteroatoms. The van der Waals surface area contributed by atoms with E-state index >= 15 is 0 Å². The summed E-state index contributed by atoms with van der Waals surface area (Å²) in [7, 11) is -2.03. The van der Waals surface area contributed by atoms with Gasteiger partial charge in [-0.25, -0.2) is 4.79 Å². The maximum absolute atomic E-state index is 12.5. The van der Waals surface area contributed by atoms with Crippen LogP contribution in [0.3, 0.4) is 0 Å². The Morgan fingerprint density at radius 1 is 1.23 bits per heavy atom. The highest BCUT2D eigenvalue weighted by atomic mass is 28.4. The van der Waals surface area contributed by atoms with Crippen LogP contribution in [0.4, 0.5) is 4.79 Å². The van der Waals surface area contributed by atoms with Crippen molar-refractivity contribution in [3.05, 3.63) is 35.9 Å². The average molecular weight is 452 g/mol. The summed E-state index contributed by atoms with van der Waals surface area (Å²) < 4.78 is 23.9. The summed E-state index contributed by atoms with van der Waals surface area (Å²) in [6, 6.07) is 9.40. The van der Waals surface area contributed by atoms with E-state index in [1.165, 1.54) is 0 Å². The van der Waals surface area contributed by atoms with E-state index in [1.807, 2.05) is 44.2 Å². The van der Waals surface area contributed by atoms with Gasteiger partial charge < -0.3 is 23.7 Å². The van der Waals surface area contributed by atoms with Crippen LogP contribution in [0.1, 0.15) is 40.2 Å². The molecule has 2 aliphatic heterocycles. The summed E-state index contributed by atoms with van der Waals surface area (Å²) >= 11 is 0. The number of hydrogen-bond acceptors (Lipinski definition) is 6. The number of aliphatic hydroxyl groups is 1. The number of benzene rings is 1. The predicted octanol–water partition coefficient (Wildman–Crippen LogP) is 3.91. The summed E-state index contributed by atoms with van der Waals surface area (Å²) in [5, 5.41) is 11.1. The smallest absolute Gasteiger partial charge is 0.410 e. The van der Waals surface area contributed by atoms with Crippen LogP contribution in [0.5, 0.6) is 0 Å². The molecule has 2 aliphatic rings. The van der Waals surface area contributed by atoms with Gasteiger partial charge in [-0.3, -0.25) is 4.90 Å². The van der Waals surface area contributed by atoms with E-state index in [2.05, 4.69) is 33.9 Å². The van der Waals surface area contributed by atoms with E-state index in [-0.39, 0.29) is 30.4 Å². The number of hydrogen-bond donors (Lipinski definition) is 1. The molecule has 1 aromatic rings. The summed E-state index contributed by atoms with van der Waals surface area (Å²) in [5.74, 6) is -0.878. The fourth-order valence-electron chi connectivity index (χ4n) is 3.72. The van der Waals surface area contributed by atoms with Gasteiger partial charge in [-0.15, -0.1) is 0 Å². The Kier molecular flexibility index (Phi) is 6.89. The number of ether oxygens (including phenoxy) is 3. The van der Waals surface area contributed by atoms with E-state index < -0.39 is 32.4 Å². The van der Waals surface area contributed by atoms with E-state index in [4.69, 9.17) is 18.6 Å². The number of rotatable bonds is 7. The Morgan fingerprint density at radius 3 is 2.48 bits per heavy atom. The first-order valence-electron chi connectivity index (χ1n) is 11.0. The molecule has 0 saturated carbocycles. The Bertz CT molecular complexity index is 763. The van der Waals surface area contributed by atoms with Crippen molar-refractivity contribution in [3.8, 4) is 0 Å². The van der Waals surface area contributed by atoms with Gasteiger partial charge in [-0.05, 0) is 37.5 Å². The summed E-state index contributed by atoms with van der Waals surface area (Å²) in [4.78, 5) is 14.1. The lowest BCUT2D eigenvalue weighted by Gasteiger charge is -2.37. The molecule has 0 bridgehead atoms. The number of carbonyl (C=O) groups is 1. The van der Waals surface area contributed by atoms with Crippen LogP contribution in [0.25, 0.3) is 0 Å². The van der Waals surface area contributed by atoms with Crippen LogP contribution in [-0.4, -0.2) is 67.8 Å². The lowest BCUT2D eigenvalue weighted by Crippen LogP contribution is -2.51. The maximum atomic E-state index is 12.5. The predicted molar refractivity (Wildman–Crippen MR) is 120 cm³/mol. The molecule has 0 aromatic heterocycles. The molecule has 1 amide bonds. The highest BCUT2D eigenvalue weighted by molar-refractivity contribution is 6.74. The van der Waals surface area contributed by atoms with Gasteiger partial charge in [0, 0.05) is 6.54 Å². The van der Waals surface area contributed by atoms with Crippen LogP contribution in [0.2, 0.25) is 18.1 Å². The topological polar surface area (TPSA) is 77.5 Å². The molecular formula is C23H37NO6Si. The van der Waals surface area contributed by atoms with E-state index in [0.717, 1.165) is 5.56 Å². The number of cyclic esters (lactones) is 1. The number of aliphatic hydroxyl groups excluding tert-OH is 1. The Labute approximate surface area is 186 Å². The first kappa shape index (κ1) is 24.2. The van der Waals surface area contributed by atoms with Crippen molar-refractivity contribution >= 4 is 14.4 Å².